The van der Waals surface area contributed by atoms with Gasteiger partial charge in [-0.05, 0) is 13.8 Å². The number of nitrogens with one attached hydrogen (secondary N) is 1. The lowest BCUT2D eigenvalue weighted by Gasteiger charge is -2.21. The molecule has 1 aliphatic rings. The Kier molecular flexibility index (Phi) is 5.90. The number of nitrogen functional groups attached to an aromatic ring is 1. The summed E-state index contributed by atoms with van der Waals surface area (Å²) in [4.78, 5) is 25.7. The van der Waals surface area contributed by atoms with Crippen LogP contribution >= 0.6 is 11.6 Å². The predicted molar refractivity (Wildman–Crippen MR) is 100 cm³/mol. The third-order valence-electron chi connectivity index (χ3n) is 4.71. The largest absolute Gasteiger partial charge is 0.573 e. The van der Waals surface area contributed by atoms with Crippen molar-refractivity contribution in [3.8, 4) is 5.75 Å². The number of nitrogens with two attached hydrogens (primary N) is 1. The number of alkyl halides is 3. The highest BCUT2D eigenvalue weighted by Crippen LogP contribution is 2.42. The van der Waals surface area contributed by atoms with Gasteiger partial charge in [0.05, 0.1) is 12.2 Å². The van der Waals surface area contributed by atoms with Crippen LogP contribution in [0.5, 0.6) is 5.75 Å². The number of hydrogen-bond acceptors (Lipinski definition) is 8. The number of nitrogens with zero attached hydrogens (tertiary/aromatic N) is 4. The number of aryl methyl sites for hydroxylation is 1. The number of amides is 1. The minimum Gasteiger partial charge on any atom is -0.405 e. The van der Waals surface area contributed by atoms with Crippen LogP contribution in [0.15, 0.2) is 6.20 Å². The molecule has 0 fully saturated rings. The van der Waals surface area contributed by atoms with Crippen molar-refractivity contribution in [1.82, 2.24) is 20.4 Å². The second-order valence-corrected chi connectivity index (χ2v) is 7.17. The lowest BCUT2D eigenvalue weighted by Crippen LogP contribution is -2.26. The topological polar surface area (TPSA) is 126 Å². The molecule has 1 amide bonds. The molecule has 0 aromatic carbocycles. The van der Waals surface area contributed by atoms with Crippen molar-refractivity contribution < 1.29 is 27.9 Å². The number of hydroxylamine groups is 1. The van der Waals surface area contributed by atoms with E-state index < -0.39 is 18.2 Å². The van der Waals surface area contributed by atoms with E-state index in [1.165, 1.54) is 20.0 Å². The number of fused-ring (bicyclic) bond motifs is 1. The van der Waals surface area contributed by atoms with Crippen LogP contribution in [0.2, 0.25) is 5.15 Å². The second kappa shape index (κ2) is 8.11. The fourth-order valence-electron chi connectivity index (χ4n) is 3.43. The van der Waals surface area contributed by atoms with Crippen LogP contribution < -0.4 is 20.9 Å². The molecule has 0 aliphatic carbocycles. The third-order valence-corrected chi connectivity index (χ3v) is 4.99. The van der Waals surface area contributed by atoms with Gasteiger partial charge in [0, 0.05) is 41.8 Å². The van der Waals surface area contributed by atoms with E-state index in [0.29, 0.717) is 17.1 Å². The summed E-state index contributed by atoms with van der Waals surface area (Å²) < 4.78 is 42.5. The van der Waals surface area contributed by atoms with Crippen molar-refractivity contribution in [1.29, 1.82) is 0 Å². The number of rotatable bonds is 5. The third kappa shape index (κ3) is 4.49. The Hall–Kier alpha value is -2.86. The van der Waals surface area contributed by atoms with E-state index in [9.17, 15) is 18.0 Å². The minimum atomic E-state index is -4.84. The zero-order valence-corrected chi connectivity index (χ0v) is 16.7. The van der Waals surface area contributed by atoms with Gasteiger partial charge >= 0.3 is 6.36 Å². The molecule has 3 rings (SSSR count). The summed E-state index contributed by atoms with van der Waals surface area (Å²) in [5, 5.41) is 8.89. The highest BCUT2D eigenvalue weighted by Gasteiger charge is 2.36. The summed E-state index contributed by atoms with van der Waals surface area (Å²) in [5.74, 6) is -1.15. The van der Waals surface area contributed by atoms with E-state index >= 15 is 0 Å². The Labute approximate surface area is 174 Å². The number of carbonyl (C=O) groups is 1. The molecule has 0 saturated carbocycles. The van der Waals surface area contributed by atoms with Crippen LogP contribution in [0.25, 0.3) is 0 Å². The highest BCUT2D eigenvalue weighted by atomic mass is 35.5. The fourth-order valence-corrected chi connectivity index (χ4v) is 3.75. The fraction of sp³-hybridized carbons (Fsp3) is 0.412. The number of anilines is 2. The molecule has 162 valence electrons. The van der Waals surface area contributed by atoms with Gasteiger partial charge in [-0.3, -0.25) is 15.0 Å². The quantitative estimate of drug-likeness (QED) is 0.363. The number of ether oxygens (including phenoxy) is 1. The van der Waals surface area contributed by atoms with E-state index in [1.54, 1.807) is 10.4 Å². The Morgan fingerprint density at radius 3 is 2.77 bits per heavy atom. The summed E-state index contributed by atoms with van der Waals surface area (Å²) in [6, 6.07) is 0. The average Bonchev–Trinajstić information content (AvgIpc) is 2.97. The highest BCUT2D eigenvalue weighted by molar-refractivity contribution is 6.30. The van der Waals surface area contributed by atoms with Crippen LogP contribution in [0.4, 0.5) is 24.9 Å². The molecule has 0 unspecified atom stereocenters. The van der Waals surface area contributed by atoms with Crippen molar-refractivity contribution in [3.63, 3.8) is 0 Å². The normalized spacial score (nSPS) is 15.8. The molecule has 1 aliphatic heterocycles. The van der Waals surface area contributed by atoms with E-state index in [0.717, 1.165) is 0 Å². The maximum atomic E-state index is 12.8. The first kappa shape index (κ1) is 21.8. The molecule has 4 N–H and O–H groups in total. The molecule has 2 aromatic heterocycles. The van der Waals surface area contributed by atoms with E-state index in [4.69, 9.17) is 22.5 Å². The van der Waals surface area contributed by atoms with Crippen LogP contribution in [-0.2, 0) is 11.3 Å². The minimum absolute atomic E-state index is 0.0606. The molecule has 1 atom stereocenters. The molecule has 3 heterocycles. The van der Waals surface area contributed by atoms with Gasteiger partial charge in [-0.1, -0.05) is 11.6 Å². The summed E-state index contributed by atoms with van der Waals surface area (Å²) in [6.45, 7) is 3.25. The van der Waals surface area contributed by atoms with Gasteiger partial charge in [0.25, 0.3) is 0 Å². The Morgan fingerprint density at radius 1 is 1.43 bits per heavy atom. The van der Waals surface area contributed by atoms with Gasteiger partial charge in [-0.2, -0.15) is 4.98 Å². The molecule has 9 nitrogen and oxygen atoms in total. The average molecular weight is 447 g/mol. The molecule has 0 spiro atoms. The molecular weight excluding hydrogens is 429 g/mol. The second-order valence-electron chi connectivity index (χ2n) is 6.82. The lowest BCUT2D eigenvalue weighted by atomic mass is 10.0. The number of pyridine rings is 1. The van der Waals surface area contributed by atoms with Crippen LogP contribution in [0, 0.1) is 13.8 Å². The van der Waals surface area contributed by atoms with Gasteiger partial charge < -0.3 is 15.4 Å². The van der Waals surface area contributed by atoms with Gasteiger partial charge in [0.2, 0.25) is 11.9 Å². The standard InChI is InChI=1S/C17H18ClF3N6O3/c1-7-4-23-10(8(2)13(7)30-17(19,20)21)6-27-5-9(3-11(28)26-29)12-14(18)24-16(22)25-15(12)27/h4,9,29H,3,5-6H2,1-2H3,(H,26,28)(H2,22,24,25)/t9-/m0/s1. The van der Waals surface area contributed by atoms with Crippen molar-refractivity contribution in [3.05, 3.63) is 33.7 Å². The number of hydrogen-bond donors (Lipinski definition) is 3. The Balaban J connectivity index is 1.96. The molecule has 0 saturated heterocycles. The summed E-state index contributed by atoms with van der Waals surface area (Å²) >= 11 is 6.20. The summed E-state index contributed by atoms with van der Waals surface area (Å²) in [6.07, 6.45) is -3.65. The van der Waals surface area contributed by atoms with Crippen LogP contribution in [0.1, 0.15) is 34.7 Å². The number of halogens is 4. The maximum absolute atomic E-state index is 12.8. The lowest BCUT2D eigenvalue weighted by molar-refractivity contribution is -0.275. The van der Waals surface area contributed by atoms with E-state index in [-0.39, 0.29) is 47.5 Å². The van der Waals surface area contributed by atoms with Gasteiger partial charge in [-0.15, -0.1) is 13.2 Å². The Bertz CT molecular complexity index is 988. The van der Waals surface area contributed by atoms with Gasteiger partial charge in [0.15, 0.2) is 0 Å². The zero-order chi connectivity index (χ0) is 22.2. The van der Waals surface area contributed by atoms with Gasteiger partial charge in [-0.25, -0.2) is 10.5 Å². The maximum Gasteiger partial charge on any atom is 0.573 e. The predicted octanol–water partition coefficient (Wildman–Crippen LogP) is 2.62. The number of aromatic nitrogens is 3. The van der Waals surface area contributed by atoms with E-state index in [1.807, 2.05) is 0 Å². The summed E-state index contributed by atoms with van der Waals surface area (Å²) in [7, 11) is 0. The van der Waals surface area contributed by atoms with Crippen molar-refractivity contribution in [2.75, 3.05) is 17.2 Å². The molecule has 0 bridgehead atoms. The monoisotopic (exact) mass is 446 g/mol. The van der Waals surface area contributed by atoms with Crippen LogP contribution in [0.3, 0.4) is 0 Å². The van der Waals surface area contributed by atoms with E-state index in [2.05, 4.69) is 19.7 Å². The first-order valence-corrected chi connectivity index (χ1v) is 9.09. The first-order valence-electron chi connectivity index (χ1n) is 8.71. The smallest absolute Gasteiger partial charge is 0.405 e. The Morgan fingerprint density at radius 2 is 2.13 bits per heavy atom. The zero-order valence-electron chi connectivity index (χ0n) is 15.9. The molecule has 2 aromatic rings. The van der Waals surface area contributed by atoms with Crippen molar-refractivity contribution in [2.45, 2.75) is 39.1 Å². The summed E-state index contributed by atoms with van der Waals surface area (Å²) in [5.41, 5.74) is 8.50. The molecule has 30 heavy (non-hydrogen) atoms. The first-order chi connectivity index (χ1) is 14.0. The molecule has 13 heteroatoms. The molecule has 0 radical (unpaired) electrons. The van der Waals surface area contributed by atoms with Crippen molar-refractivity contribution in [2.24, 2.45) is 0 Å². The van der Waals surface area contributed by atoms with Crippen LogP contribution in [-0.4, -0.2) is 39.0 Å². The molecular formula is C17H18ClF3N6O3. The SMILES string of the molecule is Cc1cnc(CN2C[C@H](CC(=O)NO)c3c(Cl)nc(N)nc32)c(C)c1OC(F)(F)F. The van der Waals surface area contributed by atoms with Crippen molar-refractivity contribution >= 4 is 29.3 Å². The van der Waals surface area contributed by atoms with Gasteiger partial charge in [0.1, 0.15) is 16.7 Å². The number of carbonyl (C=O) groups excluding carboxylic acids is 1.